The Morgan fingerprint density at radius 1 is 1.15 bits per heavy atom. The molecule has 0 aliphatic rings. The predicted octanol–water partition coefficient (Wildman–Crippen LogP) is -1.40. The smallest absolute Gasteiger partial charge is 0.124 e. The van der Waals surface area contributed by atoms with E-state index in [1.165, 1.54) is 0 Å². The van der Waals surface area contributed by atoms with Gasteiger partial charge in [0.15, 0.2) is 0 Å². The Bertz CT molecular complexity index is 268. The summed E-state index contributed by atoms with van der Waals surface area (Å²) in [6.45, 7) is 0.854. The van der Waals surface area contributed by atoms with Gasteiger partial charge in [-0.3, -0.25) is 0 Å². The van der Waals surface area contributed by atoms with Crippen LogP contribution >= 0.6 is 0 Å². The van der Waals surface area contributed by atoms with Gasteiger partial charge in [-0.2, -0.15) is 0 Å². The van der Waals surface area contributed by atoms with Gasteiger partial charge in [0, 0.05) is 5.56 Å². The number of aromatic hydroxyl groups is 1. The molecule has 0 radical (unpaired) electrons. The number of benzene rings is 1. The summed E-state index contributed by atoms with van der Waals surface area (Å²) in [5.74, 6) is 0.394. The summed E-state index contributed by atoms with van der Waals surface area (Å²) in [7, 11) is 6.31. The summed E-state index contributed by atoms with van der Waals surface area (Å²) in [5.41, 5.74) is 1.00. The number of para-hydroxylation sites is 1. The zero-order chi connectivity index (χ0) is 9.19. The van der Waals surface area contributed by atoms with E-state index in [9.17, 15) is 5.11 Å². The molecule has 0 spiro atoms. The van der Waals surface area contributed by atoms with Crippen LogP contribution in [0.2, 0.25) is 0 Å². The molecule has 0 atom stereocenters. The highest BCUT2D eigenvalue weighted by Gasteiger charge is 2.10. The number of phenolic OH excluding ortho intramolecular Hbond substituents is 1. The van der Waals surface area contributed by atoms with E-state index >= 15 is 0 Å². The summed E-state index contributed by atoms with van der Waals surface area (Å²) in [5, 5.41) is 9.46. The number of phenols is 1. The van der Waals surface area contributed by atoms with Crippen LogP contribution in [0.15, 0.2) is 24.3 Å². The molecule has 0 aromatic heterocycles. The van der Waals surface area contributed by atoms with Crippen LogP contribution in [0, 0.1) is 0 Å². The maximum atomic E-state index is 9.46. The third kappa shape index (κ3) is 4.47. The van der Waals surface area contributed by atoms with E-state index in [-0.39, 0.29) is 24.0 Å². The third-order valence-corrected chi connectivity index (χ3v) is 1.64. The molecule has 0 aliphatic heterocycles. The maximum absolute atomic E-state index is 9.46. The Morgan fingerprint density at radius 2 is 1.69 bits per heavy atom. The molecule has 0 unspecified atom stereocenters. The Hall–Kier alpha value is -0.290. The van der Waals surface area contributed by atoms with Crippen molar-refractivity contribution in [1.82, 2.24) is 0 Å². The fourth-order valence-corrected chi connectivity index (χ4v) is 1.16. The molecule has 0 heterocycles. The molecule has 0 amide bonds. The van der Waals surface area contributed by atoms with E-state index in [1.807, 2.05) is 18.2 Å². The number of rotatable bonds is 2. The van der Waals surface area contributed by atoms with Crippen molar-refractivity contribution in [2.24, 2.45) is 0 Å². The summed E-state index contributed by atoms with van der Waals surface area (Å²) in [6, 6.07) is 7.48. The van der Waals surface area contributed by atoms with Crippen molar-refractivity contribution in [3.63, 3.8) is 0 Å². The van der Waals surface area contributed by atoms with Gasteiger partial charge < -0.3 is 33.6 Å². The average Bonchev–Trinajstić information content (AvgIpc) is 1.91. The van der Waals surface area contributed by atoms with Gasteiger partial charge in [-0.25, -0.2) is 0 Å². The Balaban J connectivity index is 0.00000144. The Kier molecular flexibility index (Phi) is 4.70. The molecule has 1 N–H and O–H groups in total. The first-order valence-electron chi connectivity index (χ1n) is 4.06. The van der Waals surface area contributed by atoms with Gasteiger partial charge in [0.2, 0.25) is 0 Å². The fraction of sp³-hybridized carbons (Fsp3) is 0.400. The molecular formula is C10H16INO. The molecule has 0 saturated heterocycles. The Labute approximate surface area is 96.8 Å². The highest BCUT2D eigenvalue weighted by Crippen LogP contribution is 2.18. The van der Waals surface area contributed by atoms with E-state index in [0.29, 0.717) is 5.75 Å². The van der Waals surface area contributed by atoms with Gasteiger partial charge in [-0.1, -0.05) is 12.1 Å². The second-order valence-corrected chi connectivity index (χ2v) is 4.08. The minimum Gasteiger partial charge on any atom is -1.00 e. The van der Waals surface area contributed by atoms with E-state index < -0.39 is 0 Å². The summed E-state index contributed by atoms with van der Waals surface area (Å²) in [4.78, 5) is 0. The van der Waals surface area contributed by atoms with Gasteiger partial charge >= 0.3 is 0 Å². The first-order chi connectivity index (χ1) is 5.49. The van der Waals surface area contributed by atoms with Crippen LogP contribution in [-0.2, 0) is 6.54 Å². The number of quaternary nitrogens is 1. The highest BCUT2D eigenvalue weighted by atomic mass is 127. The van der Waals surface area contributed by atoms with Crippen molar-refractivity contribution >= 4 is 0 Å². The van der Waals surface area contributed by atoms with Crippen LogP contribution in [0.4, 0.5) is 0 Å². The van der Waals surface area contributed by atoms with Gasteiger partial charge in [-0.05, 0) is 12.1 Å². The van der Waals surface area contributed by atoms with Crippen LogP contribution in [0.1, 0.15) is 5.56 Å². The number of hydrogen-bond donors (Lipinski definition) is 1. The normalized spacial score (nSPS) is 10.7. The molecule has 0 aliphatic carbocycles. The van der Waals surface area contributed by atoms with Crippen molar-refractivity contribution in [3.05, 3.63) is 29.8 Å². The quantitative estimate of drug-likeness (QED) is 0.525. The molecule has 0 bridgehead atoms. The molecule has 1 aromatic carbocycles. The Morgan fingerprint density at radius 3 is 2.15 bits per heavy atom. The third-order valence-electron chi connectivity index (χ3n) is 1.64. The summed E-state index contributed by atoms with van der Waals surface area (Å²) < 4.78 is 0.831. The van der Waals surface area contributed by atoms with E-state index in [2.05, 4.69) is 21.1 Å². The lowest BCUT2D eigenvalue weighted by molar-refractivity contribution is -0.884. The van der Waals surface area contributed by atoms with Gasteiger partial charge in [-0.15, -0.1) is 0 Å². The second-order valence-electron chi connectivity index (χ2n) is 4.08. The molecular weight excluding hydrogens is 277 g/mol. The largest absolute Gasteiger partial charge is 1.00 e. The molecule has 0 saturated carbocycles. The van der Waals surface area contributed by atoms with Crippen LogP contribution in [0.25, 0.3) is 0 Å². The first-order valence-corrected chi connectivity index (χ1v) is 4.06. The molecule has 74 valence electrons. The minimum absolute atomic E-state index is 0. The van der Waals surface area contributed by atoms with Crippen LogP contribution in [0.3, 0.4) is 0 Å². The molecule has 13 heavy (non-hydrogen) atoms. The van der Waals surface area contributed by atoms with Crippen LogP contribution in [-0.4, -0.2) is 30.7 Å². The standard InChI is InChI=1S/C10H15NO.HI/c1-11(2,3)8-9-6-4-5-7-10(9)12;/h4-7H,8H2,1-3H3;1H. The summed E-state index contributed by atoms with van der Waals surface area (Å²) >= 11 is 0. The molecule has 1 aromatic rings. The van der Waals surface area contributed by atoms with E-state index in [4.69, 9.17) is 0 Å². The minimum atomic E-state index is 0. The monoisotopic (exact) mass is 293 g/mol. The highest BCUT2D eigenvalue weighted by molar-refractivity contribution is 5.30. The van der Waals surface area contributed by atoms with Crippen molar-refractivity contribution in [1.29, 1.82) is 0 Å². The number of nitrogens with zero attached hydrogens (tertiary/aromatic N) is 1. The lowest BCUT2D eigenvalue weighted by Crippen LogP contribution is -3.00. The lowest BCUT2D eigenvalue weighted by atomic mass is 10.2. The van der Waals surface area contributed by atoms with Crippen LogP contribution in [0.5, 0.6) is 5.75 Å². The number of hydrogen-bond acceptors (Lipinski definition) is 1. The maximum Gasteiger partial charge on any atom is 0.124 e. The molecule has 3 heteroatoms. The zero-order valence-electron chi connectivity index (χ0n) is 8.29. The number of halogens is 1. The molecule has 2 nitrogen and oxygen atoms in total. The predicted molar refractivity (Wildman–Crippen MR) is 49.8 cm³/mol. The van der Waals surface area contributed by atoms with Crippen molar-refractivity contribution < 1.29 is 33.6 Å². The van der Waals surface area contributed by atoms with Crippen molar-refractivity contribution in [3.8, 4) is 5.75 Å². The topological polar surface area (TPSA) is 20.2 Å². The van der Waals surface area contributed by atoms with Gasteiger partial charge in [0.25, 0.3) is 0 Å². The molecule has 0 fully saturated rings. The van der Waals surface area contributed by atoms with E-state index in [0.717, 1.165) is 16.6 Å². The first kappa shape index (κ1) is 12.7. The van der Waals surface area contributed by atoms with Gasteiger partial charge in [0.1, 0.15) is 12.3 Å². The van der Waals surface area contributed by atoms with Crippen molar-refractivity contribution in [2.75, 3.05) is 21.1 Å². The lowest BCUT2D eigenvalue weighted by Gasteiger charge is -2.24. The summed E-state index contributed by atoms with van der Waals surface area (Å²) in [6.07, 6.45) is 0. The van der Waals surface area contributed by atoms with Gasteiger partial charge in [0.05, 0.1) is 21.1 Å². The van der Waals surface area contributed by atoms with Crippen molar-refractivity contribution in [2.45, 2.75) is 6.54 Å². The SMILES string of the molecule is C[N+](C)(C)Cc1ccccc1O.[I-]. The van der Waals surface area contributed by atoms with E-state index in [1.54, 1.807) is 6.07 Å². The fourth-order valence-electron chi connectivity index (χ4n) is 1.16. The second kappa shape index (κ2) is 4.81. The zero-order valence-corrected chi connectivity index (χ0v) is 10.4. The average molecular weight is 293 g/mol. The van der Waals surface area contributed by atoms with Crippen LogP contribution < -0.4 is 24.0 Å². The molecule has 1 rings (SSSR count).